The molecule has 3 heteroatoms. The molecule has 0 unspecified atom stereocenters. The molecule has 0 bridgehead atoms. The van der Waals surface area contributed by atoms with E-state index < -0.39 is 11.5 Å². The fourth-order valence-electron chi connectivity index (χ4n) is 1.68. The van der Waals surface area contributed by atoms with Gasteiger partial charge >= 0.3 is 0 Å². The SMILES string of the molecule is CCCCCC[C@](O)(CCCC)C(N)=O. The van der Waals surface area contributed by atoms with Crippen molar-refractivity contribution < 1.29 is 9.90 Å². The van der Waals surface area contributed by atoms with Crippen LogP contribution in [0.1, 0.15) is 65.2 Å². The van der Waals surface area contributed by atoms with Crippen LogP contribution < -0.4 is 5.73 Å². The van der Waals surface area contributed by atoms with Crippen LogP contribution in [0.3, 0.4) is 0 Å². The first kappa shape index (κ1) is 14.4. The van der Waals surface area contributed by atoms with Gasteiger partial charge in [0.25, 0.3) is 0 Å². The zero-order valence-electron chi connectivity index (χ0n) is 10.1. The molecule has 0 radical (unpaired) electrons. The fraction of sp³-hybridized carbons (Fsp3) is 0.917. The van der Waals surface area contributed by atoms with E-state index >= 15 is 0 Å². The summed E-state index contributed by atoms with van der Waals surface area (Å²) in [6.45, 7) is 4.18. The topological polar surface area (TPSA) is 63.3 Å². The highest BCUT2D eigenvalue weighted by molar-refractivity contribution is 5.83. The molecule has 3 N–H and O–H groups in total. The summed E-state index contributed by atoms with van der Waals surface area (Å²) in [7, 11) is 0. The minimum absolute atomic E-state index is 0.505. The van der Waals surface area contributed by atoms with Crippen LogP contribution in [0.2, 0.25) is 0 Å². The highest BCUT2D eigenvalue weighted by atomic mass is 16.3. The molecule has 0 fully saturated rings. The van der Waals surface area contributed by atoms with Crippen LogP contribution in [-0.2, 0) is 4.79 Å². The van der Waals surface area contributed by atoms with Crippen LogP contribution in [0.25, 0.3) is 0 Å². The fourth-order valence-corrected chi connectivity index (χ4v) is 1.68. The smallest absolute Gasteiger partial charge is 0.249 e. The van der Waals surface area contributed by atoms with E-state index in [9.17, 15) is 9.90 Å². The van der Waals surface area contributed by atoms with Gasteiger partial charge in [-0.05, 0) is 12.8 Å². The molecule has 0 rings (SSSR count). The summed E-state index contributed by atoms with van der Waals surface area (Å²) < 4.78 is 0. The van der Waals surface area contributed by atoms with Gasteiger partial charge < -0.3 is 10.8 Å². The zero-order chi connectivity index (χ0) is 11.7. The van der Waals surface area contributed by atoms with Gasteiger partial charge in [-0.2, -0.15) is 0 Å². The summed E-state index contributed by atoms with van der Waals surface area (Å²) in [5, 5.41) is 10.0. The van der Waals surface area contributed by atoms with Crippen molar-refractivity contribution in [2.75, 3.05) is 0 Å². The molecule has 0 aliphatic heterocycles. The Balaban J connectivity index is 3.96. The molecule has 15 heavy (non-hydrogen) atoms. The van der Waals surface area contributed by atoms with Gasteiger partial charge in [-0.1, -0.05) is 52.4 Å². The van der Waals surface area contributed by atoms with E-state index in [1.807, 2.05) is 6.92 Å². The van der Waals surface area contributed by atoms with Crippen LogP contribution in [0, 0.1) is 0 Å². The van der Waals surface area contributed by atoms with E-state index in [-0.39, 0.29) is 0 Å². The van der Waals surface area contributed by atoms with Crippen molar-refractivity contribution in [3.8, 4) is 0 Å². The third-order valence-electron chi connectivity index (χ3n) is 2.85. The molecule has 1 amide bonds. The van der Waals surface area contributed by atoms with Crippen molar-refractivity contribution in [3.05, 3.63) is 0 Å². The van der Waals surface area contributed by atoms with Crippen LogP contribution >= 0.6 is 0 Å². The maximum Gasteiger partial charge on any atom is 0.249 e. The molecule has 90 valence electrons. The lowest BCUT2D eigenvalue weighted by molar-refractivity contribution is -0.138. The quantitative estimate of drug-likeness (QED) is 0.580. The lowest BCUT2D eigenvalue weighted by atomic mass is 9.90. The van der Waals surface area contributed by atoms with Crippen LogP contribution in [0.4, 0.5) is 0 Å². The Labute approximate surface area is 93.0 Å². The third-order valence-corrected chi connectivity index (χ3v) is 2.85. The lowest BCUT2D eigenvalue weighted by Crippen LogP contribution is -2.43. The number of nitrogens with two attached hydrogens (primary N) is 1. The zero-order valence-corrected chi connectivity index (χ0v) is 10.1. The molecule has 0 aromatic carbocycles. The van der Waals surface area contributed by atoms with Gasteiger partial charge in [0, 0.05) is 0 Å². The average molecular weight is 215 g/mol. The van der Waals surface area contributed by atoms with Crippen molar-refractivity contribution in [2.24, 2.45) is 5.73 Å². The second-order valence-corrected chi connectivity index (χ2v) is 4.31. The third kappa shape index (κ3) is 5.78. The van der Waals surface area contributed by atoms with Crippen LogP contribution in [0.5, 0.6) is 0 Å². The maximum absolute atomic E-state index is 11.2. The molecule has 0 saturated heterocycles. The van der Waals surface area contributed by atoms with E-state index in [2.05, 4.69) is 6.92 Å². The molecule has 0 heterocycles. The van der Waals surface area contributed by atoms with E-state index in [1.54, 1.807) is 0 Å². The minimum Gasteiger partial charge on any atom is -0.380 e. The second kappa shape index (κ2) is 7.69. The number of carbonyl (C=O) groups excluding carboxylic acids is 1. The number of amides is 1. The van der Waals surface area contributed by atoms with Crippen LogP contribution in [0.15, 0.2) is 0 Å². The van der Waals surface area contributed by atoms with Gasteiger partial charge in [0.2, 0.25) is 5.91 Å². The summed E-state index contributed by atoms with van der Waals surface area (Å²) in [5.41, 5.74) is 3.98. The second-order valence-electron chi connectivity index (χ2n) is 4.31. The van der Waals surface area contributed by atoms with Gasteiger partial charge in [0.15, 0.2) is 0 Å². The van der Waals surface area contributed by atoms with Crippen molar-refractivity contribution >= 4 is 5.91 Å². The molecule has 0 aromatic heterocycles. The predicted molar refractivity (Wildman–Crippen MR) is 62.4 cm³/mol. The number of carbonyl (C=O) groups is 1. The largest absolute Gasteiger partial charge is 0.380 e. The highest BCUT2D eigenvalue weighted by Crippen LogP contribution is 2.21. The van der Waals surface area contributed by atoms with E-state index in [1.165, 1.54) is 0 Å². The van der Waals surface area contributed by atoms with Gasteiger partial charge in [0.05, 0.1) is 0 Å². The van der Waals surface area contributed by atoms with Crippen molar-refractivity contribution in [2.45, 2.75) is 70.8 Å². The molecule has 0 spiro atoms. The number of hydrogen-bond donors (Lipinski definition) is 2. The summed E-state index contributed by atoms with van der Waals surface area (Å²) in [5.74, 6) is -0.563. The number of unbranched alkanes of at least 4 members (excludes halogenated alkanes) is 4. The molecule has 0 aliphatic carbocycles. The Morgan fingerprint density at radius 2 is 1.60 bits per heavy atom. The van der Waals surface area contributed by atoms with Crippen molar-refractivity contribution in [3.63, 3.8) is 0 Å². The molecular weight excluding hydrogens is 190 g/mol. The Kier molecular flexibility index (Phi) is 7.39. The highest BCUT2D eigenvalue weighted by Gasteiger charge is 2.31. The first-order chi connectivity index (χ1) is 7.06. The lowest BCUT2D eigenvalue weighted by Gasteiger charge is -2.24. The summed E-state index contributed by atoms with van der Waals surface area (Å²) in [6, 6.07) is 0. The molecular formula is C12H25NO2. The number of primary amides is 1. The number of hydrogen-bond acceptors (Lipinski definition) is 2. The standard InChI is InChI=1S/C12H25NO2/c1-3-5-7-8-10-12(15,11(13)14)9-6-4-2/h15H,3-10H2,1-2H3,(H2,13,14)/t12-/m1/s1. The van der Waals surface area contributed by atoms with E-state index in [4.69, 9.17) is 5.73 Å². The Bertz CT molecular complexity index is 182. The van der Waals surface area contributed by atoms with Crippen molar-refractivity contribution in [1.29, 1.82) is 0 Å². The Hall–Kier alpha value is -0.570. The normalized spacial score (nSPS) is 14.9. The predicted octanol–water partition coefficient (Wildman–Crippen LogP) is 2.36. The molecule has 0 aliphatic rings. The number of aliphatic hydroxyl groups is 1. The molecule has 0 saturated carbocycles. The minimum atomic E-state index is -1.26. The van der Waals surface area contributed by atoms with Gasteiger partial charge in [-0.15, -0.1) is 0 Å². The average Bonchev–Trinajstić information content (AvgIpc) is 2.21. The molecule has 1 atom stereocenters. The summed E-state index contributed by atoms with van der Waals surface area (Å²) >= 11 is 0. The van der Waals surface area contributed by atoms with E-state index in [0.29, 0.717) is 12.8 Å². The Morgan fingerprint density at radius 3 is 2.07 bits per heavy atom. The maximum atomic E-state index is 11.2. The van der Waals surface area contributed by atoms with Gasteiger partial charge in [-0.3, -0.25) is 4.79 Å². The Morgan fingerprint density at radius 1 is 1.07 bits per heavy atom. The monoisotopic (exact) mass is 215 g/mol. The van der Waals surface area contributed by atoms with E-state index in [0.717, 1.165) is 38.5 Å². The molecule has 3 nitrogen and oxygen atoms in total. The number of rotatable bonds is 9. The van der Waals surface area contributed by atoms with Crippen molar-refractivity contribution in [1.82, 2.24) is 0 Å². The first-order valence-corrected chi connectivity index (χ1v) is 6.09. The summed E-state index contributed by atoms with van der Waals surface area (Å²) in [4.78, 5) is 11.2. The first-order valence-electron chi connectivity index (χ1n) is 6.09. The molecule has 0 aromatic rings. The van der Waals surface area contributed by atoms with Crippen LogP contribution in [-0.4, -0.2) is 16.6 Å². The van der Waals surface area contributed by atoms with Gasteiger partial charge in [0.1, 0.15) is 5.60 Å². The van der Waals surface area contributed by atoms with Gasteiger partial charge in [-0.25, -0.2) is 0 Å². The summed E-state index contributed by atoms with van der Waals surface area (Å²) in [6.07, 6.45) is 7.12.